The summed E-state index contributed by atoms with van der Waals surface area (Å²) in [7, 11) is 0. The standard InChI is InChI=1S/C15H21NO2/c1-2-6-15(7-3-1)14-18-11-5-4-8-16-9-12-17-13-10-16/h1-7H,8-14H2/b5-4-. The quantitative estimate of drug-likeness (QED) is 0.567. The Morgan fingerprint density at radius 2 is 1.89 bits per heavy atom. The number of morpholine rings is 1. The third-order valence-electron chi connectivity index (χ3n) is 2.96. The number of hydrogen-bond donors (Lipinski definition) is 0. The Morgan fingerprint density at radius 3 is 2.67 bits per heavy atom. The molecule has 0 bridgehead atoms. The molecule has 0 amide bonds. The van der Waals surface area contributed by atoms with Crippen LogP contribution in [-0.2, 0) is 16.1 Å². The van der Waals surface area contributed by atoms with E-state index in [0.717, 1.165) is 32.8 Å². The summed E-state index contributed by atoms with van der Waals surface area (Å²) in [6.07, 6.45) is 4.27. The molecule has 3 nitrogen and oxygen atoms in total. The van der Waals surface area contributed by atoms with Crippen LogP contribution in [0.15, 0.2) is 42.5 Å². The molecule has 0 atom stereocenters. The van der Waals surface area contributed by atoms with Gasteiger partial charge in [-0.15, -0.1) is 0 Å². The molecule has 1 aliphatic rings. The summed E-state index contributed by atoms with van der Waals surface area (Å²) in [5.74, 6) is 0. The van der Waals surface area contributed by atoms with Gasteiger partial charge in [0.2, 0.25) is 0 Å². The van der Waals surface area contributed by atoms with Crippen molar-refractivity contribution in [3.8, 4) is 0 Å². The molecular formula is C15H21NO2. The lowest BCUT2D eigenvalue weighted by Gasteiger charge is -2.25. The lowest BCUT2D eigenvalue weighted by molar-refractivity contribution is 0.0433. The third-order valence-corrected chi connectivity index (χ3v) is 2.96. The molecule has 2 rings (SSSR count). The molecule has 3 heteroatoms. The molecule has 0 aromatic heterocycles. The molecule has 18 heavy (non-hydrogen) atoms. The van der Waals surface area contributed by atoms with Crippen molar-refractivity contribution in [1.29, 1.82) is 0 Å². The Bertz CT molecular complexity index is 345. The Balaban J connectivity index is 1.55. The van der Waals surface area contributed by atoms with Crippen molar-refractivity contribution in [3.05, 3.63) is 48.0 Å². The van der Waals surface area contributed by atoms with Gasteiger partial charge in [-0.3, -0.25) is 4.90 Å². The van der Waals surface area contributed by atoms with Gasteiger partial charge in [0.25, 0.3) is 0 Å². The first-order valence-electron chi connectivity index (χ1n) is 6.52. The van der Waals surface area contributed by atoms with Crippen LogP contribution in [-0.4, -0.2) is 44.4 Å². The molecule has 1 saturated heterocycles. The van der Waals surface area contributed by atoms with Gasteiger partial charge in [0, 0.05) is 19.6 Å². The van der Waals surface area contributed by atoms with Gasteiger partial charge in [0.15, 0.2) is 0 Å². The molecule has 1 aliphatic heterocycles. The van der Waals surface area contributed by atoms with E-state index in [1.807, 2.05) is 18.2 Å². The van der Waals surface area contributed by atoms with Crippen molar-refractivity contribution in [2.45, 2.75) is 6.61 Å². The maximum absolute atomic E-state index is 5.58. The van der Waals surface area contributed by atoms with E-state index in [1.54, 1.807) is 0 Å². The monoisotopic (exact) mass is 247 g/mol. The second kappa shape index (κ2) is 8.03. The minimum absolute atomic E-state index is 0.680. The summed E-state index contributed by atoms with van der Waals surface area (Å²) >= 11 is 0. The van der Waals surface area contributed by atoms with E-state index in [4.69, 9.17) is 9.47 Å². The SMILES string of the molecule is C(=C/CN1CCOCC1)/COCc1ccccc1. The maximum atomic E-state index is 5.58. The van der Waals surface area contributed by atoms with Crippen LogP contribution in [0.2, 0.25) is 0 Å². The van der Waals surface area contributed by atoms with Crippen molar-refractivity contribution < 1.29 is 9.47 Å². The lowest BCUT2D eigenvalue weighted by atomic mass is 10.2. The highest BCUT2D eigenvalue weighted by atomic mass is 16.5. The Kier molecular flexibility index (Phi) is 5.92. The largest absolute Gasteiger partial charge is 0.379 e. The summed E-state index contributed by atoms with van der Waals surface area (Å²) in [4.78, 5) is 2.39. The summed E-state index contributed by atoms with van der Waals surface area (Å²) in [6, 6.07) is 10.3. The van der Waals surface area contributed by atoms with Gasteiger partial charge in [-0.25, -0.2) is 0 Å². The molecule has 1 fully saturated rings. The maximum Gasteiger partial charge on any atom is 0.0721 e. The average Bonchev–Trinajstić information content (AvgIpc) is 2.45. The molecule has 1 heterocycles. The fourth-order valence-electron chi connectivity index (χ4n) is 1.89. The van der Waals surface area contributed by atoms with Crippen LogP contribution in [0.4, 0.5) is 0 Å². The molecule has 0 aliphatic carbocycles. The lowest BCUT2D eigenvalue weighted by Crippen LogP contribution is -2.36. The number of rotatable bonds is 6. The number of nitrogens with zero attached hydrogens (tertiary/aromatic N) is 1. The minimum atomic E-state index is 0.680. The van der Waals surface area contributed by atoms with Crippen LogP contribution in [0.1, 0.15) is 5.56 Å². The van der Waals surface area contributed by atoms with E-state index >= 15 is 0 Å². The minimum Gasteiger partial charge on any atom is -0.379 e. The van der Waals surface area contributed by atoms with Gasteiger partial charge in [0.05, 0.1) is 26.4 Å². The zero-order valence-corrected chi connectivity index (χ0v) is 10.8. The second-order valence-corrected chi connectivity index (χ2v) is 4.39. The first kappa shape index (κ1) is 13.3. The summed E-state index contributed by atoms with van der Waals surface area (Å²) in [5.41, 5.74) is 1.22. The van der Waals surface area contributed by atoms with Crippen LogP contribution in [0, 0.1) is 0 Å². The van der Waals surface area contributed by atoms with Gasteiger partial charge in [-0.2, -0.15) is 0 Å². The number of ether oxygens (including phenoxy) is 2. The van der Waals surface area contributed by atoms with Crippen LogP contribution < -0.4 is 0 Å². The van der Waals surface area contributed by atoms with Crippen molar-refractivity contribution in [3.63, 3.8) is 0 Å². The summed E-state index contributed by atoms with van der Waals surface area (Å²) in [5, 5.41) is 0. The smallest absolute Gasteiger partial charge is 0.0721 e. The topological polar surface area (TPSA) is 21.7 Å². The van der Waals surface area contributed by atoms with E-state index < -0.39 is 0 Å². The van der Waals surface area contributed by atoms with Gasteiger partial charge < -0.3 is 9.47 Å². The highest BCUT2D eigenvalue weighted by Crippen LogP contribution is 2.00. The fourth-order valence-corrected chi connectivity index (χ4v) is 1.89. The van der Waals surface area contributed by atoms with Gasteiger partial charge in [0.1, 0.15) is 0 Å². The molecular weight excluding hydrogens is 226 g/mol. The zero-order chi connectivity index (χ0) is 12.5. The van der Waals surface area contributed by atoms with Gasteiger partial charge in [-0.05, 0) is 5.56 Å². The predicted octanol–water partition coefficient (Wildman–Crippen LogP) is 2.09. The number of benzene rings is 1. The van der Waals surface area contributed by atoms with E-state index in [-0.39, 0.29) is 0 Å². The average molecular weight is 247 g/mol. The van der Waals surface area contributed by atoms with Crippen LogP contribution in [0.3, 0.4) is 0 Å². The Morgan fingerprint density at radius 1 is 1.11 bits per heavy atom. The Hall–Kier alpha value is -1.16. The van der Waals surface area contributed by atoms with Crippen LogP contribution >= 0.6 is 0 Å². The third kappa shape index (κ3) is 5.00. The molecule has 0 spiro atoms. The predicted molar refractivity (Wildman–Crippen MR) is 72.5 cm³/mol. The molecule has 0 saturated carbocycles. The fraction of sp³-hybridized carbons (Fsp3) is 0.467. The normalized spacial score (nSPS) is 17.3. The first-order valence-corrected chi connectivity index (χ1v) is 6.52. The number of hydrogen-bond acceptors (Lipinski definition) is 3. The van der Waals surface area contributed by atoms with E-state index in [2.05, 4.69) is 29.2 Å². The van der Waals surface area contributed by atoms with Gasteiger partial charge >= 0.3 is 0 Å². The highest BCUT2D eigenvalue weighted by Gasteiger charge is 2.07. The second-order valence-electron chi connectivity index (χ2n) is 4.39. The molecule has 0 N–H and O–H groups in total. The summed E-state index contributed by atoms with van der Waals surface area (Å²) in [6.45, 7) is 6.15. The van der Waals surface area contributed by atoms with Crippen molar-refractivity contribution in [2.75, 3.05) is 39.5 Å². The van der Waals surface area contributed by atoms with E-state index in [0.29, 0.717) is 13.2 Å². The van der Waals surface area contributed by atoms with Crippen LogP contribution in [0.25, 0.3) is 0 Å². The van der Waals surface area contributed by atoms with Crippen molar-refractivity contribution in [2.24, 2.45) is 0 Å². The Labute approximate surface area is 109 Å². The van der Waals surface area contributed by atoms with E-state index in [1.165, 1.54) is 5.56 Å². The van der Waals surface area contributed by atoms with Crippen LogP contribution in [0.5, 0.6) is 0 Å². The molecule has 1 aromatic rings. The molecule has 98 valence electrons. The van der Waals surface area contributed by atoms with Gasteiger partial charge in [-0.1, -0.05) is 42.5 Å². The van der Waals surface area contributed by atoms with Crippen molar-refractivity contribution in [1.82, 2.24) is 4.90 Å². The molecule has 0 radical (unpaired) electrons. The summed E-state index contributed by atoms with van der Waals surface area (Å²) < 4.78 is 10.9. The first-order chi connectivity index (χ1) is 8.95. The molecule has 0 unspecified atom stereocenters. The highest BCUT2D eigenvalue weighted by molar-refractivity contribution is 5.13. The van der Waals surface area contributed by atoms with E-state index in [9.17, 15) is 0 Å². The zero-order valence-electron chi connectivity index (χ0n) is 10.8. The molecule has 1 aromatic carbocycles. The van der Waals surface area contributed by atoms with Crippen molar-refractivity contribution >= 4 is 0 Å².